The zero-order valence-electron chi connectivity index (χ0n) is 10.7. The Labute approximate surface area is 117 Å². The molecule has 3 N–H and O–H groups in total. The van der Waals surface area contributed by atoms with E-state index in [4.69, 9.17) is 5.73 Å². The molecule has 5 nitrogen and oxygen atoms in total. The number of nitrogens with one attached hydrogen (secondary N) is 1. The van der Waals surface area contributed by atoms with Gasteiger partial charge < -0.3 is 11.1 Å². The van der Waals surface area contributed by atoms with E-state index in [-0.39, 0.29) is 11.9 Å². The molecule has 19 heavy (non-hydrogen) atoms. The van der Waals surface area contributed by atoms with Crippen LogP contribution in [0.5, 0.6) is 0 Å². The summed E-state index contributed by atoms with van der Waals surface area (Å²) in [7, 11) is -0.943. The SMILES string of the molecule is CC(CS(C)=O)NC(=O)c1sc2ncccc2c1N. The zero-order chi connectivity index (χ0) is 14.0. The molecule has 0 spiro atoms. The van der Waals surface area contributed by atoms with Crippen LogP contribution in [0.15, 0.2) is 18.3 Å². The van der Waals surface area contributed by atoms with Gasteiger partial charge in [0.1, 0.15) is 9.71 Å². The molecule has 7 heteroatoms. The number of rotatable bonds is 4. The van der Waals surface area contributed by atoms with Crippen molar-refractivity contribution in [1.82, 2.24) is 10.3 Å². The Morgan fingerprint density at radius 2 is 2.37 bits per heavy atom. The Kier molecular flexibility index (Phi) is 4.16. The summed E-state index contributed by atoms with van der Waals surface area (Å²) in [5.41, 5.74) is 6.42. The molecule has 0 aromatic carbocycles. The summed E-state index contributed by atoms with van der Waals surface area (Å²) in [5, 5.41) is 3.60. The Bertz CT molecular complexity index is 639. The number of nitrogens with zero attached hydrogens (tertiary/aromatic N) is 1. The Balaban J connectivity index is 2.22. The maximum absolute atomic E-state index is 12.1. The molecule has 2 aromatic heterocycles. The second-order valence-corrected chi connectivity index (χ2v) is 6.79. The van der Waals surface area contributed by atoms with Crippen molar-refractivity contribution in [2.45, 2.75) is 13.0 Å². The van der Waals surface area contributed by atoms with E-state index in [1.165, 1.54) is 11.3 Å². The summed E-state index contributed by atoms with van der Waals surface area (Å²) < 4.78 is 11.1. The quantitative estimate of drug-likeness (QED) is 0.892. The van der Waals surface area contributed by atoms with Crippen molar-refractivity contribution in [2.24, 2.45) is 0 Å². The van der Waals surface area contributed by atoms with Gasteiger partial charge in [-0.15, -0.1) is 11.3 Å². The predicted molar refractivity (Wildman–Crippen MR) is 79.9 cm³/mol. The van der Waals surface area contributed by atoms with Gasteiger partial charge in [0.2, 0.25) is 0 Å². The Hall–Kier alpha value is -1.47. The molecule has 2 rings (SSSR count). The normalized spacial score (nSPS) is 14.2. The number of thiophene rings is 1. The third-order valence-electron chi connectivity index (χ3n) is 2.57. The van der Waals surface area contributed by atoms with Crippen LogP contribution in [0.4, 0.5) is 5.69 Å². The molecule has 0 aliphatic rings. The monoisotopic (exact) mass is 297 g/mol. The van der Waals surface area contributed by atoms with E-state index in [9.17, 15) is 9.00 Å². The summed E-state index contributed by atoms with van der Waals surface area (Å²) in [5.74, 6) is 0.188. The van der Waals surface area contributed by atoms with Crippen molar-refractivity contribution in [2.75, 3.05) is 17.7 Å². The van der Waals surface area contributed by atoms with Gasteiger partial charge in [0, 0.05) is 40.4 Å². The number of pyridine rings is 1. The number of fused-ring (bicyclic) bond motifs is 1. The van der Waals surface area contributed by atoms with E-state index in [1.807, 2.05) is 13.0 Å². The molecule has 0 saturated carbocycles. The summed E-state index contributed by atoms with van der Waals surface area (Å²) in [4.78, 5) is 17.5. The summed E-state index contributed by atoms with van der Waals surface area (Å²) >= 11 is 1.27. The van der Waals surface area contributed by atoms with Crippen molar-refractivity contribution in [3.63, 3.8) is 0 Å². The van der Waals surface area contributed by atoms with Crippen molar-refractivity contribution >= 4 is 43.9 Å². The highest BCUT2D eigenvalue weighted by molar-refractivity contribution is 7.84. The van der Waals surface area contributed by atoms with Gasteiger partial charge in [-0.25, -0.2) is 4.98 Å². The third-order valence-corrected chi connectivity index (χ3v) is 4.67. The molecule has 0 radical (unpaired) electrons. The van der Waals surface area contributed by atoms with E-state index in [0.29, 0.717) is 16.3 Å². The first-order valence-corrected chi connectivity index (χ1v) is 8.27. The molecule has 0 saturated heterocycles. The highest BCUT2D eigenvalue weighted by Crippen LogP contribution is 2.31. The van der Waals surface area contributed by atoms with Gasteiger partial charge in [-0.2, -0.15) is 0 Å². The van der Waals surface area contributed by atoms with E-state index in [2.05, 4.69) is 10.3 Å². The number of hydrogen-bond donors (Lipinski definition) is 2. The zero-order valence-corrected chi connectivity index (χ0v) is 12.3. The first-order valence-electron chi connectivity index (χ1n) is 5.73. The van der Waals surface area contributed by atoms with E-state index >= 15 is 0 Å². The van der Waals surface area contributed by atoms with Crippen LogP contribution in [-0.2, 0) is 10.8 Å². The number of nitrogens with two attached hydrogens (primary N) is 1. The van der Waals surface area contributed by atoms with Crippen LogP contribution in [0.2, 0.25) is 0 Å². The molecule has 1 amide bonds. The van der Waals surface area contributed by atoms with Crippen LogP contribution in [0.25, 0.3) is 10.2 Å². The van der Waals surface area contributed by atoms with Gasteiger partial charge in [-0.3, -0.25) is 9.00 Å². The number of nitrogen functional groups attached to an aromatic ring is 1. The highest BCUT2D eigenvalue weighted by atomic mass is 32.2. The molecule has 0 aliphatic heterocycles. The van der Waals surface area contributed by atoms with Crippen LogP contribution < -0.4 is 11.1 Å². The second-order valence-electron chi connectivity index (χ2n) is 4.32. The lowest BCUT2D eigenvalue weighted by Gasteiger charge is -2.11. The number of hydrogen-bond acceptors (Lipinski definition) is 5. The largest absolute Gasteiger partial charge is 0.397 e. The third kappa shape index (κ3) is 3.10. The molecular formula is C12H15N3O2S2. The number of aromatic nitrogens is 1. The average molecular weight is 297 g/mol. The summed E-state index contributed by atoms with van der Waals surface area (Å²) in [6, 6.07) is 3.47. The van der Waals surface area contributed by atoms with Crippen LogP contribution in [0.3, 0.4) is 0 Å². The van der Waals surface area contributed by atoms with Gasteiger partial charge in [0.15, 0.2) is 0 Å². The molecule has 0 fully saturated rings. The first kappa shape index (κ1) is 14.0. The van der Waals surface area contributed by atoms with Crippen LogP contribution in [0.1, 0.15) is 16.6 Å². The van der Waals surface area contributed by atoms with E-state index in [1.54, 1.807) is 18.5 Å². The minimum Gasteiger partial charge on any atom is -0.397 e. The number of carbonyl (C=O) groups excluding carboxylic acids is 1. The van der Waals surface area contributed by atoms with Crippen LogP contribution >= 0.6 is 11.3 Å². The summed E-state index contributed by atoms with van der Waals surface area (Å²) in [6.45, 7) is 1.82. The first-order chi connectivity index (χ1) is 8.99. The molecule has 2 atom stereocenters. The van der Waals surface area contributed by atoms with Gasteiger partial charge >= 0.3 is 0 Å². The lowest BCUT2D eigenvalue weighted by molar-refractivity contribution is 0.0948. The minimum absolute atomic E-state index is 0.157. The lowest BCUT2D eigenvalue weighted by Crippen LogP contribution is -2.36. The summed E-state index contributed by atoms with van der Waals surface area (Å²) in [6.07, 6.45) is 3.28. The maximum atomic E-state index is 12.1. The number of amides is 1. The fourth-order valence-corrected chi connectivity index (χ4v) is 3.56. The molecule has 0 aliphatic carbocycles. The molecule has 0 bridgehead atoms. The Morgan fingerprint density at radius 1 is 1.63 bits per heavy atom. The lowest BCUT2D eigenvalue weighted by atomic mass is 10.2. The van der Waals surface area contributed by atoms with E-state index < -0.39 is 10.8 Å². The topological polar surface area (TPSA) is 85.1 Å². The molecule has 2 aromatic rings. The Morgan fingerprint density at radius 3 is 3.00 bits per heavy atom. The van der Waals surface area contributed by atoms with Crippen molar-refractivity contribution in [3.8, 4) is 0 Å². The van der Waals surface area contributed by atoms with Gasteiger partial charge in [0.25, 0.3) is 5.91 Å². The van der Waals surface area contributed by atoms with E-state index in [0.717, 1.165) is 10.2 Å². The predicted octanol–water partition coefficient (Wildman–Crippen LogP) is 1.38. The van der Waals surface area contributed by atoms with Crippen LogP contribution in [0, 0.1) is 0 Å². The van der Waals surface area contributed by atoms with Crippen molar-refractivity contribution in [3.05, 3.63) is 23.2 Å². The standard InChI is InChI=1S/C12H15N3O2S2/c1-7(6-19(2)17)15-11(16)10-9(13)8-4-3-5-14-12(8)18-10/h3-5,7H,6,13H2,1-2H3,(H,15,16). The van der Waals surface area contributed by atoms with Gasteiger partial charge in [-0.1, -0.05) is 0 Å². The smallest absolute Gasteiger partial charge is 0.263 e. The second kappa shape index (κ2) is 5.66. The van der Waals surface area contributed by atoms with Gasteiger partial charge in [0.05, 0.1) is 5.69 Å². The maximum Gasteiger partial charge on any atom is 0.263 e. The average Bonchev–Trinajstić information content (AvgIpc) is 2.66. The van der Waals surface area contributed by atoms with Gasteiger partial charge in [-0.05, 0) is 19.1 Å². The van der Waals surface area contributed by atoms with Crippen LogP contribution in [-0.4, -0.2) is 33.2 Å². The molecule has 102 valence electrons. The fraction of sp³-hybridized carbons (Fsp3) is 0.333. The molecular weight excluding hydrogens is 282 g/mol. The van der Waals surface area contributed by atoms with Crippen molar-refractivity contribution < 1.29 is 9.00 Å². The minimum atomic E-state index is -0.943. The number of anilines is 1. The molecule has 2 heterocycles. The number of carbonyl (C=O) groups is 1. The highest BCUT2D eigenvalue weighted by Gasteiger charge is 2.18. The van der Waals surface area contributed by atoms with Crippen molar-refractivity contribution in [1.29, 1.82) is 0 Å². The molecule has 2 unspecified atom stereocenters. The fourth-order valence-electron chi connectivity index (χ4n) is 1.80.